The van der Waals surface area contributed by atoms with Crippen molar-refractivity contribution >= 4 is 80.0 Å². The van der Waals surface area contributed by atoms with Gasteiger partial charge < -0.3 is 25.0 Å². The Balaban J connectivity index is 1.24. The zero-order valence-electron chi connectivity index (χ0n) is 25.6. The lowest BCUT2D eigenvalue weighted by atomic mass is 10.0. The maximum absolute atomic E-state index is 12.9. The number of benzene rings is 2. The summed E-state index contributed by atoms with van der Waals surface area (Å²) in [4.78, 5) is 20.8. The van der Waals surface area contributed by atoms with E-state index < -0.39 is 18.9 Å². The van der Waals surface area contributed by atoms with E-state index >= 15 is 0 Å². The van der Waals surface area contributed by atoms with Crippen LogP contribution >= 0.6 is 23.9 Å². The van der Waals surface area contributed by atoms with Crippen LogP contribution in [0.15, 0.2) is 59.7 Å². The maximum Gasteiger partial charge on any atom is 0.229 e. The molecule has 1 aliphatic heterocycles. The van der Waals surface area contributed by atoms with Gasteiger partial charge in [0.2, 0.25) is 5.95 Å². The number of nitrogens with one attached hydrogen (secondary N) is 2. The van der Waals surface area contributed by atoms with Crippen molar-refractivity contribution < 1.29 is 13.7 Å². The van der Waals surface area contributed by atoms with Gasteiger partial charge in [0.15, 0.2) is 0 Å². The van der Waals surface area contributed by atoms with Crippen LogP contribution in [0.5, 0.6) is 5.75 Å². The molecule has 1 aliphatic carbocycles. The average molecular weight is 723 g/mol. The van der Waals surface area contributed by atoms with E-state index in [4.69, 9.17) is 14.5 Å². The van der Waals surface area contributed by atoms with Gasteiger partial charge in [0, 0.05) is 71.7 Å². The Kier molecular flexibility index (Phi) is 8.86. The highest BCUT2D eigenvalue weighted by molar-refractivity contribution is 9.10. The molecule has 3 aromatic heterocycles. The third-order valence-corrected chi connectivity index (χ3v) is 11.4. The predicted octanol–water partition coefficient (Wildman–Crippen LogP) is 5.42. The second kappa shape index (κ2) is 13.2. The SMILES string of the molecule is COc1cc(N2CCOCC2)c(-c2cnn(S(=O)C3CC3)c2)cc1Nc1ncc(Br)c(Nc2ccc3nccnc3c2P(C)C)n1. The number of hydrogen-bond donors (Lipinski definition) is 2. The Morgan fingerprint density at radius 2 is 1.85 bits per heavy atom. The number of rotatable bonds is 10. The van der Waals surface area contributed by atoms with Crippen LogP contribution in [-0.2, 0) is 15.7 Å². The van der Waals surface area contributed by atoms with Gasteiger partial charge in [-0.1, -0.05) is 7.92 Å². The lowest BCUT2D eigenvalue weighted by Crippen LogP contribution is -2.36. The maximum atomic E-state index is 12.9. The van der Waals surface area contributed by atoms with Gasteiger partial charge in [-0.05, 0) is 60.3 Å². The Labute approximate surface area is 278 Å². The molecule has 46 heavy (non-hydrogen) atoms. The molecule has 12 nitrogen and oxygen atoms in total. The molecule has 5 aromatic rings. The highest BCUT2D eigenvalue weighted by atomic mass is 79.9. The van der Waals surface area contributed by atoms with Gasteiger partial charge in [-0.2, -0.15) is 14.2 Å². The van der Waals surface area contributed by atoms with Gasteiger partial charge >= 0.3 is 0 Å². The summed E-state index contributed by atoms with van der Waals surface area (Å²) in [5.41, 5.74) is 6.13. The zero-order chi connectivity index (χ0) is 31.8. The van der Waals surface area contributed by atoms with Crippen LogP contribution < -0.4 is 25.6 Å². The number of aromatic nitrogens is 6. The van der Waals surface area contributed by atoms with Crippen molar-refractivity contribution in [3.63, 3.8) is 0 Å². The fourth-order valence-corrected chi connectivity index (χ4v) is 8.14. The van der Waals surface area contributed by atoms with Gasteiger partial charge in [-0.25, -0.2) is 9.19 Å². The first kappa shape index (κ1) is 30.9. The number of methoxy groups -OCH3 is 1. The first-order valence-electron chi connectivity index (χ1n) is 14.9. The number of fused-ring (bicyclic) bond motifs is 1. The topological polar surface area (TPSA) is 132 Å². The van der Waals surface area contributed by atoms with Gasteiger partial charge in [0.05, 0.1) is 53.0 Å². The number of halogens is 1. The van der Waals surface area contributed by atoms with Gasteiger partial charge in [0.1, 0.15) is 22.6 Å². The number of ether oxygens (including phenoxy) is 2. The van der Waals surface area contributed by atoms with E-state index in [1.54, 1.807) is 36.0 Å². The Morgan fingerprint density at radius 1 is 1.04 bits per heavy atom. The minimum absolute atomic E-state index is 0.178. The lowest BCUT2D eigenvalue weighted by Gasteiger charge is -2.31. The molecule has 0 bridgehead atoms. The molecule has 2 N–H and O–H groups in total. The molecule has 4 heterocycles. The van der Waals surface area contributed by atoms with Crippen LogP contribution in [0.3, 0.4) is 0 Å². The Hall–Kier alpha value is -3.71. The molecule has 0 amide bonds. The van der Waals surface area contributed by atoms with E-state index in [2.05, 4.69) is 64.8 Å². The van der Waals surface area contributed by atoms with Crippen LogP contribution in [-0.4, -0.2) is 85.3 Å². The van der Waals surface area contributed by atoms with Crippen LogP contribution in [0.2, 0.25) is 0 Å². The minimum atomic E-state index is -1.17. The summed E-state index contributed by atoms with van der Waals surface area (Å²) in [6.07, 6.45) is 10.7. The summed E-state index contributed by atoms with van der Waals surface area (Å²) in [7, 11) is -0.0330. The van der Waals surface area contributed by atoms with Crippen molar-refractivity contribution in [3.05, 3.63) is 59.7 Å². The molecule has 0 radical (unpaired) electrons. The summed E-state index contributed by atoms with van der Waals surface area (Å²) in [6, 6.07) is 8.02. The summed E-state index contributed by atoms with van der Waals surface area (Å²) < 4.78 is 26.7. The number of hydrogen-bond acceptors (Lipinski definition) is 11. The molecule has 15 heteroatoms. The molecule has 2 aromatic carbocycles. The first-order valence-corrected chi connectivity index (χ1v) is 19.1. The van der Waals surface area contributed by atoms with E-state index in [9.17, 15) is 4.21 Å². The average Bonchev–Trinajstić information content (AvgIpc) is 3.81. The Bertz CT molecular complexity index is 1930. The standard InChI is InChI=1S/C31H33BrN9O3PS/c1-43-27-15-26(40-10-12-44-13-11-40)21(19-16-36-41(18-19)46(42)20-4-5-20)14-25(27)38-31-35-17-22(32)30(39-31)37-24-7-6-23-28(29(24)45(2)3)34-9-8-33-23/h6-9,14-18,20H,4-5,10-13H2,1-3H3,(H2,35,37,38,39). The smallest absolute Gasteiger partial charge is 0.229 e. The van der Waals surface area contributed by atoms with Gasteiger partial charge in [0.25, 0.3) is 0 Å². The monoisotopic (exact) mass is 721 g/mol. The molecule has 1 saturated carbocycles. The lowest BCUT2D eigenvalue weighted by molar-refractivity contribution is 0.122. The summed E-state index contributed by atoms with van der Waals surface area (Å²) in [6.45, 7) is 7.16. The highest BCUT2D eigenvalue weighted by Gasteiger charge is 2.31. The van der Waals surface area contributed by atoms with Crippen molar-refractivity contribution in [2.45, 2.75) is 18.1 Å². The fourth-order valence-electron chi connectivity index (χ4n) is 5.44. The predicted molar refractivity (Wildman–Crippen MR) is 188 cm³/mol. The molecule has 7 rings (SSSR count). The van der Waals surface area contributed by atoms with Crippen LogP contribution in [0.1, 0.15) is 12.8 Å². The highest BCUT2D eigenvalue weighted by Crippen LogP contribution is 2.41. The molecule has 2 aliphatic rings. The summed E-state index contributed by atoms with van der Waals surface area (Å²) in [5, 5.41) is 12.7. The van der Waals surface area contributed by atoms with Crippen molar-refractivity contribution in [3.8, 4) is 16.9 Å². The molecule has 1 saturated heterocycles. The normalized spacial score (nSPS) is 15.7. The van der Waals surface area contributed by atoms with Crippen molar-refractivity contribution in [2.75, 3.05) is 62.3 Å². The van der Waals surface area contributed by atoms with E-state index in [1.807, 2.05) is 30.5 Å². The molecular weight excluding hydrogens is 689 g/mol. The van der Waals surface area contributed by atoms with E-state index in [0.717, 1.165) is 64.8 Å². The molecule has 1 unspecified atom stereocenters. The van der Waals surface area contributed by atoms with E-state index in [-0.39, 0.29) is 5.25 Å². The van der Waals surface area contributed by atoms with Gasteiger partial charge in [-0.15, -0.1) is 0 Å². The number of nitrogens with zero attached hydrogens (tertiary/aromatic N) is 7. The number of morpholine rings is 1. The second-order valence-corrected chi connectivity index (χ2v) is 15.9. The van der Waals surface area contributed by atoms with E-state index in [0.29, 0.717) is 40.9 Å². The third-order valence-electron chi connectivity index (χ3n) is 7.84. The minimum Gasteiger partial charge on any atom is -0.494 e. The first-order chi connectivity index (χ1) is 22.4. The summed E-state index contributed by atoms with van der Waals surface area (Å²) >= 11 is 3.62. The van der Waals surface area contributed by atoms with Crippen molar-refractivity contribution in [1.82, 2.24) is 29.1 Å². The van der Waals surface area contributed by atoms with Crippen LogP contribution in [0, 0.1) is 0 Å². The van der Waals surface area contributed by atoms with E-state index in [1.165, 1.54) is 0 Å². The fraction of sp³-hybridized carbons (Fsp3) is 0.323. The number of anilines is 5. The quantitative estimate of drug-likeness (QED) is 0.179. The van der Waals surface area contributed by atoms with Gasteiger partial charge in [-0.3, -0.25) is 9.97 Å². The second-order valence-electron chi connectivity index (χ2n) is 11.2. The molecule has 1 atom stereocenters. The molecular formula is C31H33BrN9O3PS. The van der Waals surface area contributed by atoms with Crippen molar-refractivity contribution in [2.24, 2.45) is 0 Å². The Morgan fingerprint density at radius 3 is 2.61 bits per heavy atom. The van der Waals surface area contributed by atoms with Crippen LogP contribution in [0.25, 0.3) is 22.2 Å². The third kappa shape index (κ3) is 6.31. The van der Waals surface area contributed by atoms with Crippen molar-refractivity contribution in [1.29, 1.82) is 0 Å². The largest absolute Gasteiger partial charge is 0.494 e. The molecule has 238 valence electrons. The molecule has 0 spiro atoms. The summed E-state index contributed by atoms with van der Waals surface area (Å²) in [5.74, 6) is 1.63. The molecule has 2 fully saturated rings. The zero-order valence-corrected chi connectivity index (χ0v) is 28.9. The van der Waals surface area contributed by atoms with Crippen LogP contribution in [0.4, 0.5) is 28.8 Å².